The zero-order valence-corrected chi connectivity index (χ0v) is 23.2. The number of aliphatic hydroxyl groups is 1. The summed E-state index contributed by atoms with van der Waals surface area (Å²) in [7, 11) is 0. The van der Waals surface area contributed by atoms with E-state index in [1.807, 2.05) is 65.6 Å². The van der Waals surface area contributed by atoms with Gasteiger partial charge in [-0.2, -0.15) is 27.1 Å². The van der Waals surface area contributed by atoms with Crippen molar-refractivity contribution in [3.8, 4) is 5.75 Å². The van der Waals surface area contributed by atoms with Crippen molar-refractivity contribution in [2.75, 3.05) is 23.3 Å². The molecule has 1 amide bonds. The van der Waals surface area contributed by atoms with E-state index in [0.717, 1.165) is 11.1 Å². The second kappa shape index (κ2) is 11.9. The van der Waals surface area contributed by atoms with Gasteiger partial charge in [0.05, 0.1) is 11.9 Å². The minimum Gasteiger partial charge on any atom is -0.433 e. The maximum Gasteiger partial charge on any atom is 0.398 e. The Hall–Kier alpha value is -4.52. The first-order chi connectivity index (χ1) is 21.1. The third-order valence-corrected chi connectivity index (χ3v) is 8.09. The monoisotopic (exact) mass is 613 g/mol. The van der Waals surface area contributed by atoms with Gasteiger partial charge in [-0.1, -0.05) is 60.7 Å². The average molecular weight is 614 g/mol. The molecule has 230 valence electrons. The third-order valence-electron chi connectivity index (χ3n) is 8.09. The Morgan fingerprint density at radius 2 is 1.55 bits per heavy atom. The van der Waals surface area contributed by atoms with Crippen molar-refractivity contribution in [1.82, 2.24) is 14.8 Å². The van der Waals surface area contributed by atoms with Crippen LogP contribution in [0.3, 0.4) is 0 Å². The van der Waals surface area contributed by atoms with Crippen LogP contribution in [0.2, 0.25) is 0 Å². The van der Waals surface area contributed by atoms with E-state index in [-0.39, 0.29) is 22.8 Å². The van der Waals surface area contributed by atoms with E-state index in [0.29, 0.717) is 31.7 Å². The quantitative estimate of drug-likeness (QED) is 0.254. The molecule has 2 N–H and O–H groups in total. The van der Waals surface area contributed by atoms with E-state index < -0.39 is 42.7 Å². The van der Waals surface area contributed by atoms with Crippen LogP contribution in [0.25, 0.3) is 0 Å². The molecule has 0 bridgehead atoms. The van der Waals surface area contributed by atoms with Crippen molar-refractivity contribution in [3.05, 3.63) is 101 Å². The van der Waals surface area contributed by atoms with Crippen LogP contribution in [0.4, 0.5) is 33.6 Å². The van der Waals surface area contributed by atoms with Crippen LogP contribution in [0.1, 0.15) is 53.1 Å². The summed E-state index contributed by atoms with van der Waals surface area (Å²) in [4.78, 5) is 18.9. The number of hydrogen-bond donors (Lipinski definition) is 2. The van der Waals surface area contributed by atoms with E-state index in [4.69, 9.17) is 5.10 Å². The number of benzene rings is 2. The van der Waals surface area contributed by atoms with E-state index in [1.165, 1.54) is 16.9 Å². The Bertz CT molecular complexity index is 1550. The topological polar surface area (TPSA) is 92.5 Å². The summed E-state index contributed by atoms with van der Waals surface area (Å²) in [5.41, 5.74) is 1.44. The van der Waals surface area contributed by atoms with Crippen LogP contribution in [0, 0.1) is 0 Å². The number of rotatable bonds is 7. The molecule has 0 aliphatic carbocycles. The number of carbonyl (C=O) groups is 1. The van der Waals surface area contributed by atoms with Gasteiger partial charge in [0.1, 0.15) is 35.4 Å². The van der Waals surface area contributed by atoms with E-state index in [1.54, 1.807) is 6.07 Å². The molecule has 13 heteroatoms. The number of anilines is 2. The lowest BCUT2D eigenvalue weighted by molar-refractivity contribution is -0.177. The lowest BCUT2D eigenvalue weighted by atomic mass is 9.82. The average Bonchev–Trinajstić information content (AvgIpc) is 3.36. The highest BCUT2D eigenvalue weighted by Crippen LogP contribution is 2.49. The van der Waals surface area contributed by atoms with Gasteiger partial charge in [0.15, 0.2) is 0 Å². The van der Waals surface area contributed by atoms with Gasteiger partial charge in [-0.3, -0.25) is 4.79 Å². The summed E-state index contributed by atoms with van der Waals surface area (Å²) in [6.07, 6.45) is -5.26. The number of fused-ring (bicyclic) bond motifs is 1. The van der Waals surface area contributed by atoms with Crippen LogP contribution < -0.4 is 15.0 Å². The molecule has 2 atom stereocenters. The molecule has 1 saturated heterocycles. The Morgan fingerprint density at radius 3 is 2.07 bits per heavy atom. The number of carbonyl (C=O) groups excluding carboxylic acids is 1. The number of hydrogen-bond acceptors (Lipinski definition) is 6. The summed E-state index contributed by atoms with van der Waals surface area (Å²) in [6, 6.07) is 20.6. The van der Waals surface area contributed by atoms with Gasteiger partial charge in [0.25, 0.3) is 5.91 Å². The second-order valence-electron chi connectivity index (χ2n) is 10.8. The molecule has 8 nitrogen and oxygen atoms in total. The van der Waals surface area contributed by atoms with Gasteiger partial charge in [0.2, 0.25) is 0 Å². The number of aliphatic hydroxyl groups excluding tert-OH is 1. The highest BCUT2D eigenvalue weighted by Gasteiger charge is 2.54. The normalized spacial score (nSPS) is 19.3. The Labute approximate surface area is 249 Å². The SMILES string of the molecule is O=C1Nc2c(c(C3CCN(c4ccc(OC(F)F)cn4)CC3)nn2C(c2ccccc2)c2ccccc2)[C@@H](C(F)(F)F)[C@H]1O. The Balaban J connectivity index is 1.40. The highest BCUT2D eigenvalue weighted by molar-refractivity contribution is 5.97. The molecule has 4 heterocycles. The van der Waals surface area contributed by atoms with Gasteiger partial charge in [0, 0.05) is 24.6 Å². The van der Waals surface area contributed by atoms with Gasteiger partial charge in [-0.05, 0) is 36.1 Å². The standard InChI is InChI=1S/C31H28F5N5O3/c32-30(33)44-21-11-12-22(37-17-21)40-15-13-18(14-16-40)25-23-24(31(34,35)36)27(42)29(43)38-28(23)41(39-25)26(19-7-3-1-4-8-19)20-9-5-2-6-10-20/h1-12,17-18,24,26-27,30,42H,13-16H2,(H,38,43)/t24-,27-/m1/s1. The maximum atomic E-state index is 14.6. The number of nitrogens with one attached hydrogen (secondary N) is 1. The predicted octanol–water partition coefficient (Wildman–Crippen LogP) is 5.86. The fourth-order valence-corrected chi connectivity index (χ4v) is 6.09. The van der Waals surface area contributed by atoms with Gasteiger partial charge in [-0.25, -0.2) is 9.67 Å². The fourth-order valence-electron chi connectivity index (χ4n) is 6.09. The van der Waals surface area contributed by atoms with Crippen LogP contribution in [0.5, 0.6) is 5.75 Å². The first kappa shape index (κ1) is 29.5. The number of halogens is 5. The predicted molar refractivity (Wildman–Crippen MR) is 151 cm³/mol. The maximum absolute atomic E-state index is 14.6. The zero-order chi connectivity index (χ0) is 31.0. The van der Waals surface area contributed by atoms with E-state index >= 15 is 0 Å². The largest absolute Gasteiger partial charge is 0.433 e. The molecule has 4 aromatic rings. The Kier molecular flexibility index (Phi) is 7.97. The summed E-state index contributed by atoms with van der Waals surface area (Å²) < 4.78 is 74.6. The van der Waals surface area contributed by atoms with Crippen LogP contribution in [-0.2, 0) is 4.79 Å². The number of pyridine rings is 1. The second-order valence-corrected chi connectivity index (χ2v) is 10.8. The van der Waals surface area contributed by atoms with Gasteiger partial charge < -0.3 is 20.1 Å². The number of piperidine rings is 1. The van der Waals surface area contributed by atoms with Crippen molar-refractivity contribution in [2.24, 2.45) is 0 Å². The molecule has 1 fully saturated rings. The molecular formula is C31H28F5N5O3. The molecule has 44 heavy (non-hydrogen) atoms. The lowest BCUT2D eigenvalue weighted by Crippen LogP contribution is -2.45. The fraction of sp³-hybridized carbons (Fsp3) is 0.323. The smallest absolute Gasteiger partial charge is 0.398 e. The van der Waals surface area contributed by atoms with Crippen molar-refractivity contribution >= 4 is 17.5 Å². The number of alkyl halides is 5. The number of amides is 1. The van der Waals surface area contributed by atoms with Crippen molar-refractivity contribution in [3.63, 3.8) is 0 Å². The van der Waals surface area contributed by atoms with Crippen molar-refractivity contribution < 1.29 is 36.6 Å². The first-order valence-electron chi connectivity index (χ1n) is 14.1. The van der Waals surface area contributed by atoms with Crippen LogP contribution in [-0.4, -0.2) is 57.8 Å². The summed E-state index contributed by atoms with van der Waals surface area (Å²) >= 11 is 0. The molecule has 0 spiro atoms. The molecule has 6 rings (SSSR count). The van der Waals surface area contributed by atoms with Crippen LogP contribution in [0.15, 0.2) is 79.0 Å². The molecule has 2 aromatic carbocycles. The molecule has 0 saturated carbocycles. The number of ether oxygens (including phenoxy) is 1. The minimum absolute atomic E-state index is 0.0824. The summed E-state index contributed by atoms with van der Waals surface area (Å²) in [5, 5.41) is 17.9. The number of aromatic nitrogens is 3. The minimum atomic E-state index is -4.92. The van der Waals surface area contributed by atoms with E-state index in [2.05, 4.69) is 15.0 Å². The number of nitrogens with zero attached hydrogens (tertiary/aromatic N) is 4. The molecule has 2 aliphatic heterocycles. The lowest BCUT2D eigenvalue weighted by Gasteiger charge is -2.34. The summed E-state index contributed by atoms with van der Waals surface area (Å²) in [6.45, 7) is -2.17. The summed E-state index contributed by atoms with van der Waals surface area (Å²) in [5.74, 6) is -3.68. The molecule has 2 aromatic heterocycles. The van der Waals surface area contributed by atoms with Crippen LogP contribution >= 0.6 is 0 Å². The van der Waals surface area contributed by atoms with Crippen molar-refractivity contribution in [1.29, 1.82) is 0 Å². The van der Waals surface area contributed by atoms with Gasteiger partial charge in [-0.15, -0.1) is 0 Å². The molecular weight excluding hydrogens is 585 g/mol. The van der Waals surface area contributed by atoms with Gasteiger partial charge >= 0.3 is 12.8 Å². The molecule has 2 aliphatic rings. The van der Waals surface area contributed by atoms with E-state index in [9.17, 15) is 31.9 Å². The zero-order valence-electron chi connectivity index (χ0n) is 23.2. The Morgan fingerprint density at radius 1 is 0.932 bits per heavy atom. The molecule has 0 radical (unpaired) electrons. The highest BCUT2D eigenvalue weighted by atomic mass is 19.4. The molecule has 0 unspecified atom stereocenters. The van der Waals surface area contributed by atoms with Crippen molar-refractivity contribution in [2.45, 2.75) is 49.6 Å². The first-order valence-corrected chi connectivity index (χ1v) is 14.1. The third kappa shape index (κ3) is 5.71.